The highest BCUT2D eigenvalue weighted by molar-refractivity contribution is 9.10. The molecule has 1 amide bonds. The second-order valence-corrected chi connectivity index (χ2v) is 5.24. The molecule has 1 aromatic heterocycles. The van der Waals surface area contributed by atoms with E-state index in [1.54, 1.807) is 17.4 Å². The van der Waals surface area contributed by atoms with Crippen LogP contribution in [0, 0.1) is 0 Å². The van der Waals surface area contributed by atoms with Gasteiger partial charge in [-0.05, 0) is 41.8 Å². The fourth-order valence-corrected chi connectivity index (χ4v) is 2.14. The molecule has 1 N–H and O–H groups in total. The molecular formula is C13H10BrNOS. The third-order valence-corrected chi connectivity index (χ3v) is 3.42. The summed E-state index contributed by atoms with van der Waals surface area (Å²) < 4.78 is 0.990. The summed E-state index contributed by atoms with van der Waals surface area (Å²) in [6.07, 6.45) is 3.34. The lowest BCUT2D eigenvalue weighted by atomic mass is 10.3. The van der Waals surface area contributed by atoms with E-state index < -0.39 is 0 Å². The zero-order valence-electron chi connectivity index (χ0n) is 8.89. The van der Waals surface area contributed by atoms with Crippen molar-refractivity contribution < 1.29 is 4.79 Å². The summed E-state index contributed by atoms with van der Waals surface area (Å²) in [4.78, 5) is 12.7. The Hall–Kier alpha value is -1.39. The number of carbonyl (C=O) groups is 1. The van der Waals surface area contributed by atoms with Crippen molar-refractivity contribution in [2.24, 2.45) is 0 Å². The molecule has 1 heterocycles. The average Bonchev–Trinajstić information content (AvgIpc) is 2.83. The van der Waals surface area contributed by atoms with Crippen molar-refractivity contribution in [1.82, 2.24) is 0 Å². The van der Waals surface area contributed by atoms with E-state index in [9.17, 15) is 4.79 Å². The Kier molecular flexibility index (Phi) is 4.12. The maximum absolute atomic E-state index is 11.6. The number of hydrogen-bond donors (Lipinski definition) is 1. The van der Waals surface area contributed by atoms with Gasteiger partial charge in [0.2, 0.25) is 5.91 Å². The summed E-state index contributed by atoms with van der Waals surface area (Å²) in [5.41, 5.74) is 0.786. The number of halogens is 1. The number of hydrogen-bond acceptors (Lipinski definition) is 2. The van der Waals surface area contributed by atoms with Crippen LogP contribution in [0.5, 0.6) is 0 Å². The summed E-state index contributed by atoms with van der Waals surface area (Å²) in [6.45, 7) is 0. The monoisotopic (exact) mass is 307 g/mol. The lowest BCUT2D eigenvalue weighted by molar-refractivity contribution is -0.111. The van der Waals surface area contributed by atoms with Gasteiger partial charge < -0.3 is 5.32 Å². The minimum absolute atomic E-state index is 0.124. The topological polar surface area (TPSA) is 29.1 Å². The van der Waals surface area contributed by atoms with Crippen molar-refractivity contribution in [1.29, 1.82) is 0 Å². The number of nitrogens with one attached hydrogen (secondary N) is 1. The van der Waals surface area contributed by atoms with Crippen LogP contribution >= 0.6 is 27.3 Å². The van der Waals surface area contributed by atoms with Crippen molar-refractivity contribution in [3.8, 4) is 0 Å². The van der Waals surface area contributed by atoms with Gasteiger partial charge >= 0.3 is 0 Å². The van der Waals surface area contributed by atoms with Crippen molar-refractivity contribution in [3.63, 3.8) is 0 Å². The normalized spacial score (nSPS) is 10.6. The van der Waals surface area contributed by atoms with Crippen LogP contribution in [0.4, 0.5) is 5.69 Å². The maximum Gasteiger partial charge on any atom is 0.248 e. The largest absolute Gasteiger partial charge is 0.323 e. The highest BCUT2D eigenvalue weighted by Crippen LogP contribution is 2.14. The highest BCUT2D eigenvalue weighted by atomic mass is 79.9. The van der Waals surface area contributed by atoms with Crippen LogP contribution < -0.4 is 5.32 Å². The van der Waals surface area contributed by atoms with Crippen LogP contribution in [0.2, 0.25) is 0 Å². The molecule has 2 aromatic rings. The smallest absolute Gasteiger partial charge is 0.248 e. The lowest BCUT2D eigenvalue weighted by Crippen LogP contribution is -2.07. The summed E-state index contributed by atoms with van der Waals surface area (Å²) >= 11 is 4.94. The maximum atomic E-state index is 11.6. The zero-order chi connectivity index (χ0) is 12.1. The van der Waals surface area contributed by atoms with Gasteiger partial charge in [-0.25, -0.2) is 0 Å². The number of benzene rings is 1. The van der Waals surface area contributed by atoms with Crippen LogP contribution in [0.1, 0.15) is 4.88 Å². The van der Waals surface area contributed by atoms with Crippen molar-refractivity contribution >= 4 is 44.9 Å². The quantitative estimate of drug-likeness (QED) is 0.848. The van der Waals surface area contributed by atoms with Crippen molar-refractivity contribution in [2.75, 3.05) is 5.32 Å². The minimum atomic E-state index is -0.124. The number of thiophene rings is 1. The lowest BCUT2D eigenvalue weighted by Gasteiger charge is -2.01. The molecular weight excluding hydrogens is 298 g/mol. The third kappa shape index (κ3) is 3.84. The number of anilines is 1. The molecule has 0 spiro atoms. The molecule has 0 bridgehead atoms. The Morgan fingerprint density at radius 1 is 1.24 bits per heavy atom. The van der Waals surface area contributed by atoms with E-state index in [0.717, 1.165) is 15.0 Å². The molecule has 17 heavy (non-hydrogen) atoms. The summed E-state index contributed by atoms with van der Waals surface area (Å²) in [5, 5.41) is 4.77. The number of amides is 1. The second kappa shape index (κ2) is 5.80. The fourth-order valence-electron chi connectivity index (χ4n) is 1.26. The van der Waals surface area contributed by atoms with E-state index in [1.807, 2.05) is 41.8 Å². The van der Waals surface area contributed by atoms with Crippen LogP contribution in [-0.4, -0.2) is 5.91 Å². The van der Waals surface area contributed by atoms with Gasteiger partial charge in [-0.15, -0.1) is 11.3 Å². The van der Waals surface area contributed by atoms with E-state index in [-0.39, 0.29) is 5.91 Å². The van der Waals surface area contributed by atoms with E-state index in [2.05, 4.69) is 21.2 Å². The van der Waals surface area contributed by atoms with Gasteiger partial charge in [0.05, 0.1) is 0 Å². The minimum Gasteiger partial charge on any atom is -0.323 e. The molecule has 0 unspecified atom stereocenters. The molecule has 1 aromatic carbocycles. The predicted molar refractivity (Wildman–Crippen MR) is 76.1 cm³/mol. The molecule has 0 saturated heterocycles. The Bertz CT molecular complexity index is 517. The average molecular weight is 308 g/mol. The Labute approximate surface area is 112 Å². The standard InChI is InChI=1S/C13H10BrNOS/c14-10-3-5-11(6-4-10)15-13(16)8-7-12-2-1-9-17-12/h1-9H,(H,15,16). The van der Waals surface area contributed by atoms with Gasteiger partial charge in [-0.3, -0.25) is 4.79 Å². The first-order valence-corrected chi connectivity index (χ1v) is 6.69. The predicted octanol–water partition coefficient (Wildman–Crippen LogP) is 4.16. The van der Waals surface area contributed by atoms with Gasteiger partial charge in [-0.1, -0.05) is 22.0 Å². The molecule has 0 aliphatic rings. The van der Waals surface area contributed by atoms with Crippen LogP contribution in [-0.2, 0) is 4.79 Å². The SMILES string of the molecule is O=C(C=Cc1cccs1)Nc1ccc(Br)cc1. The Morgan fingerprint density at radius 3 is 2.65 bits per heavy atom. The molecule has 2 rings (SSSR count). The Morgan fingerprint density at radius 2 is 2.00 bits per heavy atom. The first-order valence-electron chi connectivity index (χ1n) is 5.02. The fraction of sp³-hybridized carbons (Fsp3) is 0. The van der Waals surface area contributed by atoms with E-state index >= 15 is 0 Å². The summed E-state index contributed by atoms with van der Waals surface area (Å²) in [6, 6.07) is 11.4. The van der Waals surface area contributed by atoms with Gasteiger partial charge in [0.1, 0.15) is 0 Å². The van der Waals surface area contributed by atoms with Crippen LogP contribution in [0.3, 0.4) is 0 Å². The summed E-state index contributed by atoms with van der Waals surface area (Å²) in [5.74, 6) is -0.124. The molecule has 0 radical (unpaired) electrons. The van der Waals surface area contributed by atoms with E-state index in [1.165, 1.54) is 6.08 Å². The van der Waals surface area contributed by atoms with Crippen molar-refractivity contribution in [3.05, 3.63) is 57.2 Å². The van der Waals surface area contributed by atoms with Crippen LogP contribution in [0.15, 0.2) is 52.3 Å². The number of rotatable bonds is 3. The summed E-state index contributed by atoms with van der Waals surface area (Å²) in [7, 11) is 0. The van der Waals surface area contributed by atoms with Gasteiger partial charge in [-0.2, -0.15) is 0 Å². The molecule has 0 aliphatic carbocycles. The highest BCUT2D eigenvalue weighted by Gasteiger charge is 1.97. The molecule has 86 valence electrons. The molecule has 2 nitrogen and oxygen atoms in total. The third-order valence-electron chi connectivity index (χ3n) is 2.05. The second-order valence-electron chi connectivity index (χ2n) is 3.34. The van der Waals surface area contributed by atoms with Gasteiger partial charge in [0.25, 0.3) is 0 Å². The zero-order valence-corrected chi connectivity index (χ0v) is 11.3. The van der Waals surface area contributed by atoms with Gasteiger partial charge in [0.15, 0.2) is 0 Å². The molecule has 0 atom stereocenters. The molecule has 4 heteroatoms. The molecule has 0 saturated carbocycles. The first kappa shape index (κ1) is 12.1. The van der Waals surface area contributed by atoms with E-state index in [0.29, 0.717) is 0 Å². The molecule has 0 fully saturated rings. The molecule has 0 aliphatic heterocycles. The first-order chi connectivity index (χ1) is 8.24. The number of carbonyl (C=O) groups excluding carboxylic acids is 1. The van der Waals surface area contributed by atoms with Crippen molar-refractivity contribution in [2.45, 2.75) is 0 Å². The van der Waals surface area contributed by atoms with Gasteiger partial charge in [0, 0.05) is 21.1 Å². The van der Waals surface area contributed by atoms with Crippen LogP contribution in [0.25, 0.3) is 6.08 Å². The van der Waals surface area contributed by atoms with E-state index in [4.69, 9.17) is 0 Å². The Balaban J connectivity index is 1.95.